The second kappa shape index (κ2) is 3.20. The van der Waals surface area contributed by atoms with E-state index in [1.165, 1.54) is 0 Å². The van der Waals surface area contributed by atoms with Crippen LogP contribution in [-0.2, 0) is 0 Å². The predicted molar refractivity (Wildman–Crippen MR) is 54.6 cm³/mol. The van der Waals surface area contributed by atoms with Crippen molar-refractivity contribution >= 4 is 5.65 Å². The lowest BCUT2D eigenvalue weighted by molar-refractivity contribution is 0.477. The molecule has 1 fully saturated rings. The highest BCUT2D eigenvalue weighted by molar-refractivity contribution is 5.51. The summed E-state index contributed by atoms with van der Waals surface area (Å²) >= 11 is 0. The van der Waals surface area contributed by atoms with Crippen molar-refractivity contribution in [2.45, 2.75) is 18.9 Å². The Morgan fingerprint density at radius 2 is 2.47 bits per heavy atom. The summed E-state index contributed by atoms with van der Waals surface area (Å²) in [7, 11) is 0. The van der Waals surface area contributed by atoms with E-state index >= 15 is 0 Å². The Balaban J connectivity index is 2.09. The highest BCUT2D eigenvalue weighted by Crippen LogP contribution is 2.22. The molecule has 5 nitrogen and oxygen atoms in total. The summed E-state index contributed by atoms with van der Waals surface area (Å²) in [5.74, 6) is 0.947. The van der Waals surface area contributed by atoms with E-state index in [1.54, 1.807) is 22.8 Å². The van der Waals surface area contributed by atoms with Gasteiger partial charge in [0.15, 0.2) is 17.2 Å². The first-order valence-electron chi connectivity index (χ1n) is 5.12. The molecule has 1 atom stereocenters. The van der Waals surface area contributed by atoms with E-state index in [-0.39, 0.29) is 11.8 Å². The van der Waals surface area contributed by atoms with Gasteiger partial charge in [-0.3, -0.25) is 0 Å². The molecule has 0 bridgehead atoms. The summed E-state index contributed by atoms with van der Waals surface area (Å²) in [5, 5.41) is 17.3. The van der Waals surface area contributed by atoms with Crippen LogP contribution in [0.5, 0.6) is 5.75 Å². The van der Waals surface area contributed by atoms with Gasteiger partial charge in [0.2, 0.25) is 0 Å². The molecule has 0 radical (unpaired) electrons. The topological polar surface area (TPSA) is 62.5 Å². The molecule has 1 aliphatic rings. The summed E-state index contributed by atoms with van der Waals surface area (Å²) in [4.78, 5) is 4.33. The van der Waals surface area contributed by atoms with Crippen molar-refractivity contribution in [1.29, 1.82) is 0 Å². The number of aromatic hydroxyl groups is 1. The van der Waals surface area contributed by atoms with Crippen molar-refractivity contribution in [3.8, 4) is 5.75 Å². The standard InChI is InChI=1S/C10H12N4O/c15-8-4-2-6-14-10(8)12-9(13-14)7-3-1-5-11-7/h2,4,6-7,11,15H,1,3,5H2. The Hall–Kier alpha value is -1.62. The molecular weight excluding hydrogens is 192 g/mol. The highest BCUT2D eigenvalue weighted by Gasteiger charge is 2.21. The Morgan fingerprint density at radius 1 is 1.53 bits per heavy atom. The number of pyridine rings is 1. The lowest BCUT2D eigenvalue weighted by Gasteiger charge is -2.02. The van der Waals surface area contributed by atoms with Crippen LogP contribution >= 0.6 is 0 Å². The molecule has 0 aliphatic carbocycles. The third-order valence-corrected chi connectivity index (χ3v) is 2.73. The van der Waals surface area contributed by atoms with Crippen LogP contribution in [0.4, 0.5) is 0 Å². The zero-order valence-corrected chi connectivity index (χ0v) is 8.22. The smallest absolute Gasteiger partial charge is 0.197 e. The van der Waals surface area contributed by atoms with Crippen LogP contribution < -0.4 is 5.32 Å². The minimum absolute atomic E-state index is 0.175. The minimum Gasteiger partial charge on any atom is -0.504 e. The van der Waals surface area contributed by atoms with Crippen LogP contribution in [0, 0.1) is 0 Å². The van der Waals surface area contributed by atoms with Crippen LogP contribution in [-0.4, -0.2) is 26.2 Å². The van der Waals surface area contributed by atoms with Crippen molar-refractivity contribution in [3.05, 3.63) is 24.2 Å². The van der Waals surface area contributed by atoms with Gasteiger partial charge in [0, 0.05) is 6.20 Å². The third kappa shape index (κ3) is 1.35. The molecule has 3 rings (SSSR count). The fourth-order valence-electron chi connectivity index (χ4n) is 1.96. The monoisotopic (exact) mass is 204 g/mol. The molecule has 0 spiro atoms. The van der Waals surface area contributed by atoms with E-state index in [0.29, 0.717) is 5.65 Å². The number of hydrogen-bond donors (Lipinski definition) is 2. The van der Waals surface area contributed by atoms with E-state index in [2.05, 4.69) is 15.4 Å². The molecule has 1 unspecified atom stereocenters. The Morgan fingerprint density at radius 3 is 3.20 bits per heavy atom. The summed E-state index contributed by atoms with van der Waals surface area (Å²) in [5.41, 5.74) is 0.529. The molecule has 0 amide bonds. The van der Waals surface area contributed by atoms with E-state index in [9.17, 15) is 5.11 Å². The second-order valence-electron chi connectivity index (χ2n) is 3.78. The van der Waals surface area contributed by atoms with Crippen LogP contribution in [0.3, 0.4) is 0 Å². The number of aromatic nitrogens is 3. The van der Waals surface area contributed by atoms with Crippen molar-refractivity contribution in [3.63, 3.8) is 0 Å². The first kappa shape index (κ1) is 8.67. The van der Waals surface area contributed by atoms with Crippen LogP contribution in [0.1, 0.15) is 24.7 Å². The summed E-state index contributed by atoms with van der Waals surface area (Å²) in [6.45, 7) is 1.02. The first-order chi connectivity index (χ1) is 7.34. The maximum absolute atomic E-state index is 9.58. The van der Waals surface area contributed by atoms with Crippen LogP contribution in [0.25, 0.3) is 5.65 Å². The first-order valence-corrected chi connectivity index (χ1v) is 5.12. The fraction of sp³-hybridized carbons (Fsp3) is 0.400. The number of rotatable bonds is 1. The van der Waals surface area contributed by atoms with Crippen LogP contribution in [0.15, 0.2) is 18.3 Å². The van der Waals surface area contributed by atoms with Gasteiger partial charge >= 0.3 is 0 Å². The van der Waals surface area contributed by atoms with Gasteiger partial charge in [-0.05, 0) is 31.5 Å². The lowest BCUT2D eigenvalue weighted by atomic mass is 10.2. The fourth-order valence-corrected chi connectivity index (χ4v) is 1.96. The Bertz CT molecular complexity index is 487. The van der Waals surface area contributed by atoms with E-state index in [4.69, 9.17) is 0 Å². The number of fused-ring (bicyclic) bond motifs is 1. The van der Waals surface area contributed by atoms with Crippen LogP contribution in [0.2, 0.25) is 0 Å². The highest BCUT2D eigenvalue weighted by atomic mass is 16.3. The molecule has 1 aliphatic heterocycles. The molecule has 2 N–H and O–H groups in total. The second-order valence-corrected chi connectivity index (χ2v) is 3.78. The molecule has 5 heteroatoms. The molecule has 78 valence electrons. The summed E-state index contributed by atoms with van der Waals surface area (Å²) in [6.07, 6.45) is 4.02. The van der Waals surface area contributed by atoms with Crippen molar-refractivity contribution in [2.24, 2.45) is 0 Å². The zero-order chi connectivity index (χ0) is 10.3. The van der Waals surface area contributed by atoms with Gasteiger partial charge in [-0.15, -0.1) is 5.10 Å². The SMILES string of the molecule is Oc1cccn2nc(C3CCCN3)nc12. The number of nitrogens with one attached hydrogen (secondary N) is 1. The average molecular weight is 204 g/mol. The molecule has 0 saturated carbocycles. The predicted octanol–water partition coefficient (Wildman–Crippen LogP) is 0.859. The molecule has 0 aromatic carbocycles. The normalized spacial score (nSPS) is 21.2. The van der Waals surface area contributed by atoms with E-state index in [0.717, 1.165) is 25.2 Å². The lowest BCUT2D eigenvalue weighted by Crippen LogP contribution is -2.14. The van der Waals surface area contributed by atoms with Gasteiger partial charge in [0.05, 0.1) is 6.04 Å². The molecule has 2 aromatic rings. The summed E-state index contributed by atoms with van der Waals surface area (Å²) in [6, 6.07) is 3.61. The quantitative estimate of drug-likeness (QED) is 0.723. The zero-order valence-electron chi connectivity index (χ0n) is 8.22. The van der Waals surface area contributed by atoms with Gasteiger partial charge in [-0.1, -0.05) is 0 Å². The van der Waals surface area contributed by atoms with Gasteiger partial charge in [0.25, 0.3) is 0 Å². The maximum Gasteiger partial charge on any atom is 0.197 e. The van der Waals surface area contributed by atoms with Gasteiger partial charge in [0.1, 0.15) is 0 Å². The van der Waals surface area contributed by atoms with Gasteiger partial charge in [-0.2, -0.15) is 0 Å². The molecule has 1 saturated heterocycles. The molecule has 15 heavy (non-hydrogen) atoms. The number of hydrogen-bond acceptors (Lipinski definition) is 4. The maximum atomic E-state index is 9.58. The summed E-state index contributed by atoms with van der Waals surface area (Å²) < 4.78 is 1.62. The van der Waals surface area contributed by atoms with Gasteiger partial charge < -0.3 is 10.4 Å². The van der Waals surface area contributed by atoms with E-state index in [1.807, 2.05) is 0 Å². The minimum atomic E-state index is 0.175. The number of nitrogens with zero attached hydrogens (tertiary/aromatic N) is 3. The largest absolute Gasteiger partial charge is 0.504 e. The molecular formula is C10H12N4O. The third-order valence-electron chi connectivity index (χ3n) is 2.73. The Labute approximate surface area is 86.8 Å². The average Bonchev–Trinajstić information content (AvgIpc) is 2.86. The Kier molecular flexibility index (Phi) is 1.85. The van der Waals surface area contributed by atoms with Crippen molar-refractivity contribution in [1.82, 2.24) is 19.9 Å². The van der Waals surface area contributed by atoms with Crippen molar-refractivity contribution < 1.29 is 5.11 Å². The van der Waals surface area contributed by atoms with Gasteiger partial charge in [-0.25, -0.2) is 9.50 Å². The molecule has 2 aromatic heterocycles. The van der Waals surface area contributed by atoms with Crippen molar-refractivity contribution in [2.75, 3.05) is 6.54 Å². The molecule has 3 heterocycles. The van der Waals surface area contributed by atoms with E-state index < -0.39 is 0 Å².